The second-order valence-electron chi connectivity index (χ2n) is 1.20. The highest BCUT2D eigenvalue weighted by molar-refractivity contribution is 5.65. The topological polar surface area (TPSA) is 37.3 Å². The molecule has 1 unspecified atom stereocenters. The molecule has 0 rings (SSSR count). The van der Waals surface area contributed by atoms with E-state index < -0.39 is 6.10 Å². The maximum Gasteiger partial charge on any atom is 0.225 e. The first-order chi connectivity index (χ1) is 3.81. The standard InChI is InChI=1S/C6H7O2/c1-2-6(8)4-3-5-7/h2-4,6,8H,1H2. The van der Waals surface area contributed by atoms with E-state index in [1.165, 1.54) is 18.4 Å². The molecule has 1 radical (unpaired) electrons. The molecule has 0 aliphatic heterocycles. The molecule has 0 spiro atoms. The zero-order valence-electron chi connectivity index (χ0n) is 4.37. The summed E-state index contributed by atoms with van der Waals surface area (Å²) >= 11 is 0. The lowest BCUT2D eigenvalue weighted by Crippen LogP contribution is -1.93. The third kappa shape index (κ3) is 3.31. The molecule has 0 aliphatic rings. The van der Waals surface area contributed by atoms with Crippen LogP contribution in [0.2, 0.25) is 0 Å². The third-order valence-corrected chi connectivity index (χ3v) is 0.603. The van der Waals surface area contributed by atoms with E-state index in [-0.39, 0.29) is 0 Å². The summed E-state index contributed by atoms with van der Waals surface area (Å²) < 4.78 is 0. The molecular weight excluding hydrogens is 104 g/mol. The van der Waals surface area contributed by atoms with Gasteiger partial charge in [0.25, 0.3) is 0 Å². The van der Waals surface area contributed by atoms with E-state index in [0.29, 0.717) is 0 Å². The SMILES string of the molecule is C=CC(O)C=C[C]=O. The Balaban J connectivity index is 3.50. The molecule has 1 atom stereocenters. The Labute approximate surface area is 48.1 Å². The summed E-state index contributed by atoms with van der Waals surface area (Å²) in [6.07, 6.45) is 4.48. The van der Waals surface area contributed by atoms with Gasteiger partial charge in [0, 0.05) is 0 Å². The molecule has 0 bridgehead atoms. The van der Waals surface area contributed by atoms with Crippen molar-refractivity contribution in [2.45, 2.75) is 6.10 Å². The van der Waals surface area contributed by atoms with Crippen LogP contribution < -0.4 is 0 Å². The van der Waals surface area contributed by atoms with Gasteiger partial charge >= 0.3 is 0 Å². The van der Waals surface area contributed by atoms with Crippen LogP contribution >= 0.6 is 0 Å². The van der Waals surface area contributed by atoms with Crippen molar-refractivity contribution in [2.24, 2.45) is 0 Å². The second-order valence-corrected chi connectivity index (χ2v) is 1.20. The molecule has 0 fully saturated rings. The number of rotatable bonds is 3. The van der Waals surface area contributed by atoms with Crippen molar-refractivity contribution >= 4 is 6.29 Å². The van der Waals surface area contributed by atoms with Crippen molar-refractivity contribution in [1.29, 1.82) is 0 Å². The monoisotopic (exact) mass is 111 g/mol. The molecule has 1 N–H and O–H groups in total. The maximum atomic E-state index is 9.47. The summed E-state index contributed by atoms with van der Waals surface area (Å²) in [6.45, 7) is 3.28. The molecule has 43 valence electrons. The Morgan fingerprint density at radius 2 is 2.38 bits per heavy atom. The van der Waals surface area contributed by atoms with Crippen LogP contribution in [0.5, 0.6) is 0 Å². The highest BCUT2D eigenvalue weighted by Crippen LogP contribution is 1.82. The van der Waals surface area contributed by atoms with E-state index in [2.05, 4.69) is 6.58 Å². The normalized spacial score (nSPS) is 13.6. The highest BCUT2D eigenvalue weighted by atomic mass is 16.3. The summed E-state index contributed by atoms with van der Waals surface area (Å²) in [6, 6.07) is 0. The van der Waals surface area contributed by atoms with Crippen molar-refractivity contribution in [3.05, 3.63) is 24.8 Å². The second kappa shape index (κ2) is 4.27. The van der Waals surface area contributed by atoms with Crippen molar-refractivity contribution in [3.63, 3.8) is 0 Å². The molecular formula is C6H7O2. The van der Waals surface area contributed by atoms with Crippen LogP contribution in [0.3, 0.4) is 0 Å². The van der Waals surface area contributed by atoms with Crippen LogP contribution in [-0.4, -0.2) is 17.5 Å². The van der Waals surface area contributed by atoms with Crippen LogP contribution in [0.15, 0.2) is 24.8 Å². The number of aliphatic hydroxyl groups is 1. The van der Waals surface area contributed by atoms with E-state index in [1.807, 2.05) is 0 Å². The fraction of sp³-hybridized carbons (Fsp3) is 0.167. The number of hydrogen-bond donors (Lipinski definition) is 1. The average Bonchev–Trinajstić information content (AvgIpc) is 1.83. The molecule has 0 aromatic heterocycles. The zero-order valence-corrected chi connectivity index (χ0v) is 4.37. The summed E-state index contributed by atoms with van der Waals surface area (Å²) in [5.41, 5.74) is 0. The van der Waals surface area contributed by atoms with Gasteiger partial charge in [0.15, 0.2) is 0 Å². The third-order valence-electron chi connectivity index (χ3n) is 0.603. The molecule has 0 heterocycles. The van der Waals surface area contributed by atoms with Gasteiger partial charge in [0.05, 0.1) is 6.10 Å². The van der Waals surface area contributed by atoms with E-state index in [4.69, 9.17) is 5.11 Å². The predicted molar refractivity (Wildman–Crippen MR) is 31.0 cm³/mol. The van der Waals surface area contributed by atoms with Gasteiger partial charge in [-0.1, -0.05) is 6.08 Å². The number of hydrogen-bond acceptors (Lipinski definition) is 2. The zero-order chi connectivity index (χ0) is 6.41. The van der Waals surface area contributed by atoms with E-state index in [1.54, 1.807) is 0 Å². The lowest BCUT2D eigenvalue weighted by atomic mass is 10.3. The minimum atomic E-state index is -0.726. The summed E-state index contributed by atoms with van der Waals surface area (Å²) in [7, 11) is 0. The fourth-order valence-electron chi connectivity index (χ4n) is 0.216. The Hall–Kier alpha value is -0.890. The molecule has 2 nitrogen and oxygen atoms in total. The minimum absolute atomic E-state index is 0.726. The molecule has 0 saturated carbocycles. The molecule has 0 aromatic rings. The lowest BCUT2D eigenvalue weighted by molar-refractivity contribution is 0.272. The maximum absolute atomic E-state index is 9.47. The van der Waals surface area contributed by atoms with Gasteiger partial charge < -0.3 is 5.11 Å². The smallest absolute Gasteiger partial charge is 0.225 e. The number of allylic oxidation sites excluding steroid dienone is 1. The van der Waals surface area contributed by atoms with Gasteiger partial charge in [0.1, 0.15) is 0 Å². The van der Waals surface area contributed by atoms with Crippen molar-refractivity contribution in [3.8, 4) is 0 Å². The first-order valence-electron chi connectivity index (χ1n) is 2.16. The molecule has 0 saturated heterocycles. The fourth-order valence-corrected chi connectivity index (χ4v) is 0.216. The van der Waals surface area contributed by atoms with Gasteiger partial charge in [-0.25, -0.2) is 0 Å². The van der Waals surface area contributed by atoms with Crippen molar-refractivity contribution in [2.75, 3.05) is 0 Å². The Morgan fingerprint density at radius 3 is 2.75 bits per heavy atom. The van der Waals surface area contributed by atoms with Gasteiger partial charge in [-0.15, -0.1) is 6.58 Å². The van der Waals surface area contributed by atoms with Crippen molar-refractivity contribution in [1.82, 2.24) is 0 Å². The van der Waals surface area contributed by atoms with E-state index in [0.717, 1.165) is 6.08 Å². The first-order valence-corrected chi connectivity index (χ1v) is 2.16. The number of carbonyl (C=O) groups excluding carboxylic acids is 1. The molecule has 0 amide bonds. The molecule has 0 aromatic carbocycles. The summed E-state index contributed by atoms with van der Waals surface area (Å²) in [5.74, 6) is 0. The number of aliphatic hydroxyl groups excluding tert-OH is 1. The van der Waals surface area contributed by atoms with Crippen molar-refractivity contribution < 1.29 is 9.90 Å². The van der Waals surface area contributed by atoms with Crippen LogP contribution in [0, 0.1) is 0 Å². The molecule has 0 aliphatic carbocycles. The Bertz CT molecular complexity index is 105. The van der Waals surface area contributed by atoms with Gasteiger partial charge in [0.2, 0.25) is 6.29 Å². The Morgan fingerprint density at radius 1 is 1.75 bits per heavy atom. The first kappa shape index (κ1) is 7.11. The van der Waals surface area contributed by atoms with Gasteiger partial charge in [-0.2, -0.15) is 0 Å². The van der Waals surface area contributed by atoms with Crippen LogP contribution in [-0.2, 0) is 4.79 Å². The largest absolute Gasteiger partial charge is 0.385 e. The summed E-state index contributed by atoms with van der Waals surface area (Å²) in [5, 5.41) is 8.61. The summed E-state index contributed by atoms with van der Waals surface area (Å²) in [4.78, 5) is 9.47. The predicted octanol–water partition coefficient (Wildman–Crippen LogP) is 0.199. The van der Waals surface area contributed by atoms with Gasteiger partial charge in [-0.3, -0.25) is 4.79 Å². The van der Waals surface area contributed by atoms with Crippen LogP contribution in [0.25, 0.3) is 0 Å². The van der Waals surface area contributed by atoms with Crippen LogP contribution in [0.4, 0.5) is 0 Å². The minimum Gasteiger partial charge on any atom is -0.385 e. The quantitative estimate of drug-likeness (QED) is 0.417. The van der Waals surface area contributed by atoms with Gasteiger partial charge in [-0.05, 0) is 12.2 Å². The van der Waals surface area contributed by atoms with Crippen LogP contribution in [0.1, 0.15) is 0 Å². The Kier molecular flexibility index (Phi) is 3.80. The highest BCUT2D eigenvalue weighted by Gasteiger charge is 1.84. The van der Waals surface area contributed by atoms with E-state index in [9.17, 15) is 4.79 Å². The lowest BCUT2D eigenvalue weighted by Gasteiger charge is -1.89. The van der Waals surface area contributed by atoms with E-state index >= 15 is 0 Å². The molecule has 2 heteroatoms. The molecule has 8 heavy (non-hydrogen) atoms. The average molecular weight is 111 g/mol.